The molecule has 0 N–H and O–H groups in total. The summed E-state index contributed by atoms with van der Waals surface area (Å²) in [5.74, 6) is 0. The highest BCUT2D eigenvalue weighted by atomic mass is 14.5. The Hall–Kier alpha value is -3.90. The van der Waals surface area contributed by atoms with Crippen LogP contribution >= 0.6 is 0 Å². The Balaban J connectivity index is 1.62. The van der Waals surface area contributed by atoms with E-state index >= 15 is 0 Å². The summed E-state index contributed by atoms with van der Waals surface area (Å²) >= 11 is 0. The minimum atomic E-state index is -0.324. The molecule has 0 atom stereocenters. The van der Waals surface area contributed by atoms with E-state index < -0.39 is 0 Å². The zero-order chi connectivity index (χ0) is 22.4. The van der Waals surface area contributed by atoms with Gasteiger partial charge in [-0.15, -0.1) is 0 Å². The maximum absolute atomic E-state index is 2.33. The van der Waals surface area contributed by atoms with Crippen LogP contribution in [0.2, 0.25) is 0 Å². The first-order chi connectivity index (χ1) is 16.2. The lowest BCUT2D eigenvalue weighted by Gasteiger charge is -2.34. The van der Waals surface area contributed by atoms with Gasteiger partial charge in [0.05, 0.1) is 5.41 Å². The lowest BCUT2D eigenvalue weighted by Crippen LogP contribution is -2.28. The quantitative estimate of drug-likeness (QED) is 0.269. The van der Waals surface area contributed by atoms with E-state index in [4.69, 9.17) is 0 Å². The average molecular weight is 423 g/mol. The standard InChI is InChI=1S/C33H26/c1-23-20-24(2)22-26(21-23)25-16-18-28(19-17-25)33(27-10-4-3-5-11-27)31-14-8-6-12-29(31)30-13-7-9-15-32(30)33/h3-22H,1-2H3. The number of hydrogen-bond donors (Lipinski definition) is 0. The predicted molar refractivity (Wildman–Crippen MR) is 139 cm³/mol. The van der Waals surface area contributed by atoms with Gasteiger partial charge in [-0.2, -0.15) is 0 Å². The van der Waals surface area contributed by atoms with Crippen molar-refractivity contribution in [2.75, 3.05) is 0 Å². The molecule has 0 nitrogen and oxygen atoms in total. The average Bonchev–Trinajstić information content (AvgIpc) is 3.16. The summed E-state index contributed by atoms with van der Waals surface area (Å²) in [6.07, 6.45) is 0. The van der Waals surface area contributed by atoms with E-state index in [0.717, 1.165) is 0 Å². The van der Waals surface area contributed by atoms with Crippen LogP contribution in [0.5, 0.6) is 0 Å². The fourth-order valence-electron chi connectivity index (χ4n) is 5.77. The summed E-state index contributed by atoms with van der Waals surface area (Å²) in [6, 6.07) is 44.8. The Morgan fingerprint density at radius 3 is 1.48 bits per heavy atom. The van der Waals surface area contributed by atoms with Crippen LogP contribution in [0, 0.1) is 13.8 Å². The van der Waals surface area contributed by atoms with E-state index in [1.54, 1.807) is 0 Å². The van der Waals surface area contributed by atoms with Crippen LogP contribution in [0.1, 0.15) is 33.4 Å². The van der Waals surface area contributed by atoms with E-state index in [1.165, 1.54) is 55.6 Å². The molecule has 0 aliphatic heterocycles. The normalized spacial score (nSPS) is 13.4. The third kappa shape index (κ3) is 2.98. The van der Waals surface area contributed by atoms with E-state index in [-0.39, 0.29) is 5.41 Å². The van der Waals surface area contributed by atoms with Gasteiger partial charge in [0.25, 0.3) is 0 Å². The minimum absolute atomic E-state index is 0.324. The first-order valence-electron chi connectivity index (χ1n) is 11.6. The van der Waals surface area contributed by atoms with Gasteiger partial charge in [0, 0.05) is 0 Å². The third-order valence-corrected chi connectivity index (χ3v) is 7.03. The monoisotopic (exact) mass is 422 g/mol. The molecule has 5 aromatic rings. The molecule has 0 saturated heterocycles. The maximum atomic E-state index is 2.33. The molecule has 5 aromatic carbocycles. The molecule has 33 heavy (non-hydrogen) atoms. The second-order valence-corrected chi connectivity index (χ2v) is 9.16. The molecule has 0 radical (unpaired) electrons. The highest BCUT2D eigenvalue weighted by molar-refractivity contribution is 5.86. The lowest BCUT2D eigenvalue weighted by atomic mass is 9.67. The van der Waals surface area contributed by atoms with Gasteiger partial charge in [0.2, 0.25) is 0 Å². The Labute approximate surface area is 196 Å². The second kappa shape index (κ2) is 7.60. The molecule has 0 aromatic heterocycles. The molecule has 6 rings (SSSR count). The molecule has 0 spiro atoms. The molecule has 0 fully saturated rings. The molecule has 0 amide bonds. The van der Waals surface area contributed by atoms with E-state index in [1.807, 2.05) is 0 Å². The third-order valence-electron chi connectivity index (χ3n) is 7.03. The van der Waals surface area contributed by atoms with Gasteiger partial charge in [-0.1, -0.05) is 132 Å². The summed E-state index contributed by atoms with van der Waals surface area (Å²) in [5, 5.41) is 0. The van der Waals surface area contributed by atoms with Crippen molar-refractivity contribution >= 4 is 0 Å². The van der Waals surface area contributed by atoms with Crippen molar-refractivity contribution in [3.63, 3.8) is 0 Å². The Morgan fingerprint density at radius 1 is 0.424 bits per heavy atom. The summed E-state index contributed by atoms with van der Waals surface area (Å²) in [4.78, 5) is 0. The Morgan fingerprint density at radius 2 is 0.909 bits per heavy atom. The molecule has 0 bridgehead atoms. The van der Waals surface area contributed by atoms with Crippen molar-refractivity contribution < 1.29 is 0 Å². The first-order valence-corrected chi connectivity index (χ1v) is 11.6. The van der Waals surface area contributed by atoms with E-state index in [0.29, 0.717) is 0 Å². The van der Waals surface area contributed by atoms with Crippen molar-refractivity contribution in [3.8, 4) is 22.3 Å². The van der Waals surface area contributed by atoms with Crippen molar-refractivity contribution in [1.29, 1.82) is 0 Å². The second-order valence-electron chi connectivity index (χ2n) is 9.16. The van der Waals surface area contributed by atoms with E-state index in [9.17, 15) is 0 Å². The van der Waals surface area contributed by atoms with Crippen LogP contribution in [0.4, 0.5) is 0 Å². The van der Waals surface area contributed by atoms with Crippen LogP contribution in [-0.4, -0.2) is 0 Å². The molecule has 0 saturated carbocycles. The van der Waals surface area contributed by atoms with Crippen LogP contribution in [-0.2, 0) is 5.41 Å². The number of fused-ring (bicyclic) bond motifs is 3. The highest BCUT2D eigenvalue weighted by Crippen LogP contribution is 2.55. The van der Waals surface area contributed by atoms with Crippen LogP contribution < -0.4 is 0 Å². The van der Waals surface area contributed by atoms with Gasteiger partial charge in [-0.3, -0.25) is 0 Å². The van der Waals surface area contributed by atoms with Crippen LogP contribution in [0.3, 0.4) is 0 Å². The fourth-order valence-corrected chi connectivity index (χ4v) is 5.77. The van der Waals surface area contributed by atoms with Crippen LogP contribution in [0.15, 0.2) is 121 Å². The molecule has 0 heterocycles. The van der Waals surface area contributed by atoms with Crippen molar-refractivity contribution in [3.05, 3.63) is 155 Å². The number of rotatable bonds is 3. The van der Waals surface area contributed by atoms with E-state index in [2.05, 4.69) is 135 Å². The van der Waals surface area contributed by atoms with Crippen molar-refractivity contribution in [1.82, 2.24) is 0 Å². The zero-order valence-electron chi connectivity index (χ0n) is 19.0. The Kier molecular flexibility index (Phi) is 4.55. The number of aryl methyl sites for hydroxylation is 2. The fraction of sp³-hybridized carbons (Fsp3) is 0.0909. The topological polar surface area (TPSA) is 0 Å². The highest BCUT2D eigenvalue weighted by Gasteiger charge is 2.45. The van der Waals surface area contributed by atoms with Gasteiger partial charge in [-0.25, -0.2) is 0 Å². The summed E-state index contributed by atoms with van der Waals surface area (Å²) in [6.45, 7) is 4.34. The van der Waals surface area contributed by atoms with Gasteiger partial charge < -0.3 is 0 Å². The van der Waals surface area contributed by atoms with Gasteiger partial charge in [0.15, 0.2) is 0 Å². The first kappa shape index (κ1) is 19.8. The summed E-state index contributed by atoms with van der Waals surface area (Å²) in [7, 11) is 0. The molecule has 158 valence electrons. The van der Waals surface area contributed by atoms with Gasteiger partial charge in [-0.05, 0) is 58.4 Å². The minimum Gasteiger partial charge on any atom is -0.0622 e. The molecule has 0 heteroatoms. The molecule has 1 aliphatic rings. The van der Waals surface area contributed by atoms with Gasteiger partial charge >= 0.3 is 0 Å². The van der Waals surface area contributed by atoms with Crippen LogP contribution in [0.25, 0.3) is 22.3 Å². The maximum Gasteiger partial charge on any atom is 0.0713 e. The molecular formula is C33H26. The van der Waals surface area contributed by atoms with Crippen molar-refractivity contribution in [2.45, 2.75) is 19.3 Å². The predicted octanol–water partition coefficient (Wildman–Crippen LogP) is 8.33. The number of benzene rings is 5. The molecule has 0 unspecified atom stereocenters. The Bertz CT molecular complexity index is 1390. The lowest BCUT2D eigenvalue weighted by molar-refractivity contribution is 0.768. The summed E-state index contributed by atoms with van der Waals surface area (Å²) < 4.78 is 0. The van der Waals surface area contributed by atoms with Crippen molar-refractivity contribution in [2.24, 2.45) is 0 Å². The molecular weight excluding hydrogens is 396 g/mol. The largest absolute Gasteiger partial charge is 0.0713 e. The SMILES string of the molecule is Cc1cc(C)cc(-c2ccc(C3(c4ccccc4)c4ccccc4-c4ccccc43)cc2)c1. The smallest absolute Gasteiger partial charge is 0.0622 e. The molecule has 1 aliphatic carbocycles. The number of hydrogen-bond acceptors (Lipinski definition) is 0. The summed E-state index contributed by atoms with van der Waals surface area (Å²) in [5.41, 5.74) is 12.8. The van der Waals surface area contributed by atoms with Gasteiger partial charge in [0.1, 0.15) is 0 Å². The zero-order valence-corrected chi connectivity index (χ0v) is 19.0.